The first kappa shape index (κ1) is 52.5. The van der Waals surface area contributed by atoms with E-state index in [2.05, 4.69) is 18.4 Å². The lowest BCUT2D eigenvalue weighted by molar-refractivity contribution is -0.161. The maximum absolute atomic E-state index is 12.6. The van der Waals surface area contributed by atoms with Gasteiger partial charge in [0.2, 0.25) is 0 Å². The fraction of sp³-hybridized carbons (Fsp3) is 0.929. The maximum atomic E-state index is 12.6. The highest BCUT2D eigenvalue weighted by molar-refractivity contribution is 7.47. The molecule has 320 valence electrons. The number of rotatable bonds is 42. The zero-order valence-electron chi connectivity index (χ0n) is 34.6. The molecule has 11 nitrogen and oxygen atoms in total. The Morgan fingerprint density at radius 3 is 1.17 bits per heavy atom. The zero-order chi connectivity index (χ0) is 40.0. The van der Waals surface area contributed by atoms with Gasteiger partial charge in [-0.3, -0.25) is 23.4 Å². The van der Waals surface area contributed by atoms with E-state index in [0.717, 1.165) is 38.5 Å². The molecule has 0 radical (unpaired) electrons. The van der Waals surface area contributed by atoms with Gasteiger partial charge in [-0.15, -0.1) is 0 Å². The average Bonchev–Trinajstić information content (AvgIpc) is 3.14. The summed E-state index contributed by atoms with van der Waals surface area (Å²) >= 11 is 0. The van der Waals surface area contributed by atoms with Gasteiger partial charge in [0.05, 0.1) is 13.2 Å². The molecule has 0 aromatic heterocycles. The Kier molecular flexibility index (Phi) is 37.3. The van der Waals surface area contributed by atoms with E-state index < -0.39 is 51.1 Å². The number of unbranched alkanes of at least 4 members (excludes halogenated alkanes) is 28. The van der Waals surface area contributed by atoms with Crippen molar-refractivity contribution in [1.29, 1.82) is 0 Å². The summed E-state index contributed by atoms with van der Waals surface area (Å²) < 4.78 is 32.7. The van der Waals surface area contributed by atoms with Crippen molar-refractivity contribution in [1.82, 2.24) is 0 Å². The molecular formula is C42H82NO10P. The summed E-state index contributed by atoms with van der Waals surface area (Å²) in [4.78, 5) is 45.9. The van der Waals surface area contributed by atoms with Gasteiger partial charge in [0.15, 0.2) is 6.10 Å². The predicted molar refractivity (Wildman–Crippen MR) is 217 cm³/mol. The molecular weight excluding hydrogens is 709 g/mol. The Bertz CT molecular complexity index is 937. The number of carboxylic acid groups (broad SMARTS) is 1. The van der Waals surface area contributed by atoms with Crippen LogP contribution in [0.3, 0.4) is 0 Å². The Balaban J connectivity index is 4.31. The van der Waals surface area contributed by atoms with Crippen LogP contribution in [-0.2, 0) is 37.5 Å². The second-order valence-corrected chi connectivity index (χ2v) is 16.7. The molecule has 0 heterocycles. The van der Waals surface area contributed by atoms with Crippen LogP contribution in [0.4, 0.5) is 0 Å². The molecule has 0 bridgehead atoms. The van der Waals surface area contributed by atoms with Crippen LogP contribution in [0.2, 0.25) is 0 Å². The van der Waals surface area contributed by atoms with Crippen LogP contribution >= 0.6 is 7.82 Å². The zero-order valence-corrected chi connectivity index (χ0v) is 35.5. The van der Waals surface area contributed by atoms with E-state index in [4.69, 9.17) is 24.8 Å². The molecule has 3 unspecified atom stereocenters. The fourth-order valence-electron chi connectivity index (χ4n) is 6.36. The highest BCUT2D eigenvalue weighted by atomic mass is 31.2. The fourth-order valence-corrected chi connectivity index (χ4v) is 7.14. The van der Waals surface area contributed by atoms with Gasteiger partial charge in [0.1, 0.15) is 12.6 Å². The number of phosphoric acid groups is 1. The minimum Gasteiger partial charge on any atom is -0.480 e. The summed E-state index contributed by atoms with van der Waals surface area (Å²) in [6, 6.07) is -1.52. The van der Waals surface area contributed by atoms with Crippen LogP contribution in [0.25, 0.3) is 0 Å². The first-order chi connectivity index (χ1) is 26.1. The van der Waals surface area contributed by atoms with E-state index in [1.807, 2.05) is 0 Å². The van der Waals surface area contributed by atoms with Crippen molar-refractivity contribution >= 4 is 25.7 Å². The predicted octanol–water partition coefficient (Wildman–Crippen LogP) is 11.5. The molecule has 0 spiro atoms. The number of hydrogen-bond acceptors (Lipinski definition) is 9. The molecule has 0 aromatic rings. The summed E-state index contributed by atoms with van der Waals surface area (Å²) in [5.41, 5.74) is 5.33. The van der Waals surface area contributed by atoms with E-state index in [9.17, 15) is 23.8 Å². The number of hydrogen-bond donors (Lipinski definition) is 3. The lowest BCUT2D eigenvalue weighted by atomic mass is 10.0. The molecule has 4 N–H and O–H groups in total. The topological polar surface area (TPSA) is 172 Å². The summed E-state index contributed by atoms with van der Waals surface area (Å²) in [6.45, 7) is 2.83. The van der Waals surface area contributed by atoms with Gasteiger partial charge in [0, 0.05) is 12.8 Å². The minimum absolute atomic E-state index is 0.169. The Morgan fingerprint density at radius 2 is 0.815 bits per heavy atom. The van der Waals surface area contributed by atoms with Crippen molar-refractivity contribution in [2.45, 2.75) is 231 Å². The van der Waals surface area contributed by atoms with Gasteiger partial charge in [-0.2, -0.15) is 0 Å². The molecule has 0 fully saturated rings. The molecule has 3 atom stereocenters. The third kappa shape index (κ3) is 37.4. The molecule has 12 heteroatoms. The largest absolute Gasteiger partial charge is 0.480 e. The normalized spacial score (nSPS) is 13.7. The monoisotopic (exact) mass is 792 g/mol. The lowest BCUT2D eigenvalue weighted by Crippen LogP contribution is -2.34. The number of aliphatic carboxylic acids is 1. The van der Waals surface area contributed by atoms with Crippen LogP contribution in [-0.4, -0.2) is 59.9 Å². The molecule has 0 aromatic carbocycles. The molecule has 54 heavy (non-hydrogen) atoms. The second-order valence-electron chi connectivity index (χ2n) is 15.2. The molecule has 0 saturated heterocycles. The smallest absolute Gasteiger partial charge is 0.472 e. The number of ether oxygens (including phenoxy) is 2. The van der Waals surface area contributed by atoms with Crippen molar-refractivity contribution < 1.29 is 47.5 Å². The first-order valence-electron chi connectivity index (χ1n) is 22.1. The second kappa shape index (κ2) is 38.4. The van der Waals surface area contributed by atoms with E-state index in [1.165, 1.54) is 141 Å². The highest BCUT2D eigenvalue weighted by Crippen LogP contribution is 2.43. The van der Waals surface area contributed by atoms with Crippen molar-refractivity contribution in [3.05, 3.63) is 0 Å². The summed E-state index contributed by atoms with van der Waals surface area (Å²) in [5.74, 6) is -2.36. The summed E-state index contributed by atoms with van der Waals surface area (Å²) in [7, 11) is -4.71. The number of carbonyl (C=O) groups is 3. The molecule has 0 aliphatic carbocycles. The van der Waals surface area contributed by atoms with Gasteiger partial charge in [-0.25, -0.2) is 4.57 Å². The van der Waals surface area contributed by atoms with Crippen LogP contribution in [0, 0.1) is 0 Å². The van der Waals surface area contributed by atoms with E-state index in [0.29, 0.717) is 12.8 Å². The maximum Gasteiger partial charge on any atom is 0.472 e. The van der Waals surface area contributed by atoms with E-state index in [1.54, 1.807) is 0 Å². The average molecular weight is 792 g/mol. The van der Waals surface area contributed by atoms with Gasteiger partial charge in [0.25, 0.3) is 0 Å². The van der Waals surface area contributed by atoms with Crippen molar-refractivity contribution in [3.63, 3.8) is 0 Å². The Labute approximate surface area is 329 Å². The highest BCUT2D eigenvalue weighted by Gasteiger charge is 2.28. The third-order valence-corrected chi connectivity index (χ3v) is 10.8. The number of esters is 2. The van der Waals surface area contributed by atoms with Crippen LogP contribution < -0.4 is 5.73 Å². The van der Waals surface area contributed by atoms with Gasteiger partial charge in [-0.05, 0) is 12.8 Å². The standard InChI is InChI=1S/C42H82NO10P/c1-3-5-7-9-11-13-15-17-19-21-23-25-27-29-31-33-40(44)50-35-38(36-51-54(48,49)52-37-39(43)42(46)47)53-41(45)34-32-30-28-26-24-22-20-18-16-14-12-10-8-6-4-2/h38-39H,3-37,43H2,1-2H3,(H,46,47)(H,48,49). The van der Waals surface area contributed by atoms with Crippen molar-refractivity contribution in [2.24, 2.45) is 5.73 Å². The molecule has 0 rings (SSSR count). The van der Waals surface area contributed by atoms with Gasteiger partial charge < -0.3 is 25.2 Å². The van der Waals surface area contributed by atoms with Crippen molar-refractivity contribution in [3.8, 4) is 0 Å². The number of phosphoric ester groups is 1. The molecule has 0 saturated carbocycles. The molecule has 0 aliphatic rings. The van der Waals surface area contributed by atoms with Crippen LogP contribution in [0.1, 0.15) is 219 Å². The SMILES string of the molecule is CCCCCCCCCCCCCCCCCC(=O)OCC(COP(=O)(O)OCC(N)C(=O)O)OC(=O)CCCCCCCCCCCCCCCCC. The van der Waals surface area contributed by atoms with E-state index in [-0.39, 0.29) is 19.4 Å². The molecule has 0 amide bonds. The Morgan fingerprint density at radius 1 is 0.500 bits per heavy atom. The number of carboxylic acids is 1. The Hall–Kier alpha value is -1.52. The van der Waals surface area contributed by atoms with Gasteiger partial charge in [-0.1, -0.05) is 194 Å². The quantitative estimate of drug-likeness (QED) is 0.0305. The van der Waals surface area contributed by atoms with Crippen LogP contribution in [0.5, 0.6) is 0 Å². The number of nitrogens with two attached hydrogens (primary N) is 1. The summed E-state index contributed by atoms with van der Waals surface area (Å²) in [6.07, 6.45) is 35.9. The van der Waals surface area contributed by atoms with Crippen molar-refractivity contribution in [2.75, 3.05) is 19.8 Å². The number of carbonyl (C=O) groups excluding carboxylic acids is 2. The lowest BCUT2D eigenvalue weighted by Gasteiger charge is -2.20. The van der Waals surface area contributed by atoms with E-state index >= 15 is 0 Å². The third-order valence-electron chi connectivity index (χ3n) is 9.86. The van der Waals surface area contributed by atoms with Crippen LogP contribution in [0.15, 0.2) is 0 Å². The van der Waals surface area contributed by atoms with Gasteiger partial charge >= 0.3 is 25.7 Å². The minimum atomic E-state index is -4.71. The molecule has 0 aliphatic heterocycles. The summed E-state index contributed by atoms with van der Waals surface area (Å²) in [5, 5.41) is 8.88. The first-order valence-corrected chi connectivity index (χ1v) is 23.6.